The minimum absolute atomic E-state index is 0.227. The third-order valence-electron chi connectivity index (χ3n) is 2.71. The van der Waals surface area contributed by atoms with Crippen molar-refractivity contribution in [3.05, 3.63) is 52.3 Å². The van der Waals surface area contributed by atoms with E-state index in [1.54, 1.807) is 12.4 Å². The highest BCUT2D eigenvalue weighted by molar-refractivity contribution is 9.10. The maximum absolute atomic E-state index is 13.3. The first-order valence-corrected chi connectivity index (χ1v) is 7.13. The normalized spacial score (nSPS) is 10.9. The van der Waals surface area contributed by atoms with E-state index in [2.05, 4.69) is 33.2 Å². The van der Waals surface area contributed by atoms with Crippen LogP contribution in [-0.2, 0) is 13.1 Å². The molecule has 0 atom stereocenters. The molecule has 1 aromatic heterocycles. The molecule has 0 saturated heterocycles. The van der Waals surface area contributed by atoms with Gasteiger partial charge >= 0.3 is 0 Å². The first kappa shape index (κ1) is 14.2. The first-order chi connectivity index (χ1) is 9.17. The summed E-state index contributed by atoms with van der Waals surface area (Å²) in [6, 6.07) is 4.91. The number of halogens is 2. The van der Waals surface area contributed by atoms with E-state index in [9.17, 15) is 4.39 Å². The van der Waals surface area contributed by atoms with Crippen LogP contribution >= 0.6 is 15.9 Å². The van der Waals surface area contributed by atoms with Crippen molar-refractivity contribution in [1.82, 2.24) is 14.9 Å². The van der Waals surface area contributed by atoms with E-state index in [4.69, 9.17) is 0 Å². The second kappa shape index (κ2) is 6.82. The molecule has 0 amide bonds. The van der Waals surface area contributed by atoms with Crippen molar-refractivity contribution >= 4 is 15.9 Å². The average Bonchev–Trinajstić information content (AvgIpc) is 2.76. The number of aromatic nitrogens is 2. The molecule has 1 N–H and O–H groups in total. The highest BCUT2D eigenvalue weighted by Crippen LogP contribution is 2.15. The van der Waals surface area contributed by atoms with Gasteiger partial charge in [0.1, 0.15) is 5.82 Å². The zero-order chi connectivity index (χ0) is 13.7. The Kier molecular flexibility index (Phi) is 5.10. The summed E-state index contributed by atoms with van der Waals surface area (Å²) < 4.78 is 16.0. The smallest absolute Gasteiger partial charge is 0.124 e. The van der Waals surface area contributed by atoms with E-state index in [1.165, 1.54) is 6.07 Å². The minimum Gasteiger partial charge on any atom is -0.333 e. The van der Waals surface area contributed by atoms with Crippen LogP contribution in [0.5, 0.6) is 0 Å². The van der Waals surface area contributed by atoms with Crippen LogP contribution in [0.2, 0.25) is 0 Å². The molecule has 0 aliphatic rings. The maximum Gasteiger partial charge on any atom is 0.124 e. The Hall–Kier alpha value is -1.20. The number of nitrogens with one attached hydrogen (secondary N) is 1. The molecule has 5 heteroatoms. The molecular formula is C14H17BrFN3. The fourth-order valence-electron chi connectivity index (χ4n) is 1.89. The fourth-order valence-corrected chi connectivity index (χ4v) is 2.40. The molecule has 0 unspecified atom stereocenters. The molecule has 1 heterocycles. The molecule has 0 bridgehead atoms. The summed E-state index contributed by atoms with van der Waals surface area (Å²) in [4.78, 5) is 4.32. The van der Waals surface area contributed by atoms with Crippen LogP contribution in [0.3, 0.4) is 0 Å². The number of rotatable bonds is 6. The highest BCUT2D eigenvalue weighted by Gasteiger charge is 2.02. The zero-order valence-electron chi connectivity index (χ0n) is 10.9. The fraction of sp³-hybridized carbons (Fsp3) is 0.357. The summed E-state index contributed by atoms with van der Waals surface area (Å²) in [5.41, 5.74) is 1.92. The third-order valence-corrected chi connectivity index (χ3v) is 3.16. The number of imidazole rings is 1. The van der Waals surface area contributed by atoms with Gasteiger partial charge in [-0.2, -0.15) is 0 Å². The molecule has 102 valence electrons. The predicted octanol–water partition coefficient (Wildman–Crippen LogP) is 3.33. The molecule has 0 aliphatic heterocycles. The van der Waals surface area contributed by atoms with Gasteiger partial charge in [-0.3, -0.25) is 0 Å². The number of hydrogen-bond donors (Lipinski definition) is 1. The van der Waals surface area contributed by atoms with Crippen molar-refractivity contribution < 1.29 is 4.39 Å². The zero-order valence-corrected chi connectivity index (χ0v) is 12.5. The van der Waals surface area contributed by atoms with Gasteiger partial charge in [0.05, 0.1) is 12.0 Å². The molecule has 19 heavy (non-hydrogen) atoms. The summed E-state index contributed by atoms with van der Waals surface area (Å²) in [5, 5.41) is 3.30. The molecule has 0 saturated carbocycles. The molecule has 0 aliphatic carbocycles. The maximum atomic E-state index is 13.3. The van der Waals surface area contributed by atoms with Gasteiger partial charge in [-0.15, -0.1) is 0 Å². The van der Waals surface area contributed by atoms with Gasteiger partial charge in [0.15, 0.2) is 0 Å². The largest absolute Gasteiger partial charge is 0.333 e. The van der Waals surface area contributed by atoms with Gasteiger partial charge < -0.3 is 9.88 Å². The van der Waals surface area contributed by atoms with Crippen molar-refractivity contribution in [3.8, 4) is 0 Å². The molecule has 0 spiro atoms. The summed E-state index contributed by atoms with van der Waals surface area (Å²) >= 11 is 3.30. The average molecular weight is 326 g/mol. The molecule has 3 nitrogen and oxygen atoms in total. The summed E-state index contributed by atoms with van der Waals surface area (Å²) in [6.45, 7) is 4.52. The van der Waals surface area contributed by atoms with E-state index >= 15 is 0 Å². The molecular weight excluding hydrogens is 309 g/mol. The van der Waals surface area contributed by atoms with Gasteiger partial charge in [0.2, 0.25) is 0 Å². The van der Waals surface area contributed by atoms with Gasteiger partial charge in [0, 0.05) is 23.8 Å². The van der Waals surface area contributed by atoms with Crippen molar-refractivity contribution in [2.75, 3.05) is 6.54 Å². The topological polar surface area (TPSA) is 29.9 Å². The van der Waals surface area contributed by atoms with Crippen molar-refractivity contribution in [1.29, 1.82) is 0 Å². The van der Waals surface area contributed by atoms with Crippen LogP contribution < -0.4 is 5.32 Å². The molecule has 0 radical (unpaired) electrons. The summed E-state index contributed by atoms with van der Waals surface area (Å²) in [5.74, 6) is -0.227. The second-order valence-corrected chi connectivity index (χ2v) is 5.41. The Morgan fingerprint density at radius 1 is 1.37 bits per heavy atom. The quantitative estimate of drug-likeness (QED) is 0.825. The highest BCUT2D eigenvalue weighted by atomic mass is 79.9. The SMILES string of the molecule is CCCNCc1cn(Cc2cc(F)cc(Br)c2)cn1. The number of benzene rings is 1. The molecule has 0 fully saturated rings. The summed E-state index contributed by atoms with van der Waals surface area (Å²) in [6.07, 6.45) is 4.88. The van der Waals surface area contributed by atoms with Crippen molar-refractivity contribution in [2.24, 2.45) is 0 Å². The molecule has 1 aromatic carbocycles. The van der Waals surface area contributed by atoms with Crippen LogP contribution in [0, 0.1) is 5.82 Å². The van der Waals surface area contributed by atoms with Gasteiger partial charge in [-0.1, -0.05) is 22.9 Å². The van der Waals surface area contributed by atoms with E-state index in [0.717, 1.165) is 35.2 Å². The molecule has 2 aromatic rings. The number of hydrogen-bond acceptors (Lipinski definition) is 2. The third kappa shape index (κ3) is 4.44. The van der Waals surface area contributed by atoms with Gasteiger partial charge in [-0.05, 0) is 36.7 Å². The van der Waals surface area contributed by atoms with E-state index in [1.807, 2.05) is 16.8 Å². The van der Waals surface area contributed by atoms with Crippen LogP contribution in [0.25, 0.3) is 0 Å². The minimum atomic E-state index is -0.227. The van der Waals surface area contributed by atoms with E-state index in [0.29, 0.717) is 6.54 Å². The Balaban J connectivity index is 1.99. The number of nitrogens with zero attached hydrogens (tertiary/aromatic N) is 2. The van der Waals surface area contributed by atoms with Crippen LogP contribution in [0.4, 0.5) is 4.39 Å². The summed E-state index contributed by atoms with van der Waals surface area (Å²) in [7, 11) is 0. The monoisotopic (exact) mass is 325 g/mol. The lowest BCUT2D eigenvalue weighted by atomic mass is 10.2. The van der Waals surface area contributed by atoms with Gasteiger partial charge in [0.25, 0.3) is 0 Å². The Labute approximate surface area is 121 Å². The van der Waals surface area contributed by atoms with E-state index < -0.39 is 0 Å². The Morgan fingerprint density at radius 2 is 2.21 bits per heavy atom. The lowest BCUT2D eigenvalue weighted by Gasteiger charge is -2.04. The van der Waals surface area contributed by atoms with Crippen LogP contribution in [-0.4, -0.2) is 16.1 Å². The Bertz CT molecular complexity index is 519. The van der Waals surface area contributed by atoms with Gasteiger partial charge in [-0.25, -0.2) is 9.37 Å². The van der Waals surface area contributed by atoms with Crippen molar-refractivity contribution in [3.63, 3.8) is 0 Å². The van der Waals surface area contributed by atoms with E-state index in [-0.39, 0.29) is 5.82 Å². The van der Waals surface area contributed by atoms with Crippen molar-refractivity contribution in [2.45, 2.75) is 26.4 Å². The standard InChI is InChI=1S/C14H17BrFN3/c1-2-3-17-7-14-9-19(10-18-14)8-11-4-12(15)6-13(16)5-11/h4-6,9-10,17H,2-3,7-8H2,1H3. The molecule has 2 rings (SSSR count). The Morgan fingerprint density at radius 3 is 2.95 bits per heavy atom. The lowest BCUT2D eigenvalue weighted by molar-refractivity contribution is 0.622. The predicted molar refractivity (Wildman–Crippen MR) is 77.4 cm³/mol. The van der Waals surface area contributed by atoms with Crippen LogP contribution in [0.1, 0.15) is 24.6 Å². The first-order valence-electron chi connectivity index (χ1n) is 6.33. The lowest BCUT2D eigenvalue weighted by Crippen LogP contribution is -2.13. The second-order valence-electron chi connectivity index (χ2n) is 4.49. The van der Waals surface area contributed by atoms with Crippen LogP contribution in [0.15, 0.2) is 35.2 Å².